The van der Waals surface area contributed by atoms with E-state index in [1.165, 1.54) is 0 Å². The third-order valence-electron chi connectivity index (χ3n) is 5.32. The summed E-state index contributed by atoms with van der Waals surface area (Å²) in [5, 5.41) is 7.15. The van der Waals surface area contributed by atoms with Gasteiger partial charge in [-0.15, -0.1) is 0 Å². The van der Waals surface area contributed by atoms with Crippen molar-refractivity contribution < 1.29 is 9.59 Å². The van der Waals surface area contributed by atoms with Crippen LogP contribution in [0.4, 0.5) is 5.82 Å². The largest absolute Gasteiger partial charge is 0.383 e. The van der Waals surface area contributed by atoms with E-state index < -0.39 is 0 Å². The molecule has 3 heterocycles. The minimum Gasteiger partial charge on any atom is -0.383 e. The SMILES string of the molecule is Cn1cc(-c2cnc(N)c(C(=O)N[C@@H]3CCN(C(=O)Cc4cccc(Br)c4)C3)c2)cn1. The zero-order valence-corrected chi connectivity index (χ0v) is 18.7. The summed E-state index contributed by atoms with van der Waals surface area (Å²) < 4.78 is 2.63. The number of amides is 2. The lowest BCUT2D eigenvalue weighted by Gasteiger charge is -2.18. The zero-order chi connectivity index (χ0) is 22.0. The summed E-state index contributed by atoms with van der Waals surface area (Å²) in [5.41, 5.74) is 8.86. The van der Waals surface area contributed by atoms with Crippen molar-refractivity contribution in [2.75, 3.05) is 18.8 Å². The summed E-state index contributed by atoms with van der Waals surface area (Å²) in [6.45, 7) is 1.09. The summed E-state index contributed by atoms with van der Waals surface area (Å²) in [6, 6.07) is 9.32. The summed E-state index contributed by atoms with van der Waals surface area (Å²) in [5.74, 6) is -0.0673. The summed E-state index contributed by atoms with van der Waals surface area (Å²) in [4.78, 5) is 31.5. The third kappa shape index (κ3) is 4.93. The lowest BCUT2D eigenvalue weighted by molar-refractivity contribution is -0.129. The number of nitrogens with zero attached hydrogens (tertiary/aromatic N) is 4. The number of carbonyl (C=O) groups is 2. The molecule has 0 unspecified atom stereocenters. The predicted octanol–water partition coefficient (Wildman–Crippen LogP) is 2.40. The molecule has 8 nitrogen and oxygen atoms in total. The molecule has 1 saturated heterocycles. The number of hydrogen-bond donors (Lipinski definition) is 2. The van der Waals surface area contributed by atoms with Crippen LogP contribution in [0.1, 0.15) is 22.3 Å². The number of anilines is 1. The highest BCUT2D eigenvalue weighted by Gasteiger charge is 2.28. The van der Waals surface area contributed by atoms with Crippen LogP contribution in [0, 0.1) is 0 Å². The van der Waals surface area contributed by atoms with E-state index in [0.717, 1.165) is 21.2 Å². The van der Waals surface area contributed by atoms with Crippen molar-refractivity contribution in [3.05, 3.63) is 64.5 Å². The third-order valence-corrected chi connectivity index (χ3v) is 5.82. The number of nitrogens with two attached hydrogens (primary N) is 1. The number of benzene rings is 1. The molecule has 31 heavy (non-hydrogen) atoms. The van der Waals surface area contributed by atoms with E-state index in [2.05, 4.69) is 31.3 Å². The smallest absolute Gasteiger partial charge is 0.255 e. The minimum atomic E-state index is -0.290. The number of carbonyl (C=O) groups excluding carboxylic acids is 2. The average Bonchev–Trinajstić information content (AvgIpc) is 3.37. The molecule has 1 aromatic carbocycles. The number of rotatable bonds is 5. The summed E-state index contributed by atoms with van der Waals surface area (Å²) >= 11 is 3.43. The topological polar surface area (TPSA) is 106 Å². The van der Waals surface area contributed by atoms with Crippen LogP contribution in [0.15, 0.2) is 53.4 Å². The standard InChI is InChI=1S/C22H23BrN6O2/c1-28-12-16(11-26-28)15-9-19(21(24)25-10-15)22(31)27-18-5-6-29(13-18)20(30)8-14-3-2-4-17(23)7-14/h2-4,7,9-12,18H,5-6,8,13H2,1H3,(H2,24,25)(H,27,31)/t18-/m1/s1. The van der Waals surface area contributed by atoms with Crippen molar-refractivity contribution in [1.82, 2.24) is 25.0 Å². The van der Waals surface area contributed by atoms with E-state index >= 15 is 0 Å². The maximum absolute atomic E-state index is 12.9. The highest BCUT2D eigenvalue weighted by atomic mass is 79.9. The van der Waals surface area contributed by atoms with Crippen LogP contribution in [0.25, 0.3) is 11.1 Å². The van der Waals surface area contributed by atoms with Gasteiger partial charge in [0.2, 0.25) is 5.91 Å². The van der Waals surface area contributed by atoms with Crippen molar-refractivity contribution in [3.8, 4) is 11.1 Å². The van der Waals surface area contributed by atoms with Crippen LogP contribution in [0.2, 0.25) is 0 Å². The van der Waals surface area contributed by atoms with Gasteiger partial charge in [0.25, 0.3) is 5.91 Å². The van der Waals surface area contributed by atoms with Gasteiger partial charge in [-0.25, -0.2) is 4.98 Å². The summed E-state index contributed by atoms with van der Waals surface area (Å²) in [7, 11) is 1.83. The number of hydrogen-bond acceptors (Lipinski definition) is 5. The van der Waals surface area contributed by atoms with Crippen molar-refractivity contribution in [1.29, 1.82) is 0 Å². The lowest BCUT2D eigenvalue weighted by atomic mass is 10.1. The number of aromatic nitrogens is 3. The van der Waals surface area contributed by atoms with Gasteiger partial charge in [0.15, 0.2) is 0 Å². The van der Waals surface area contributed by atoms with Crippen molar-refractivity contribution in [2.45, 2.75) is 18.9 Å². The van der Waals surface area contributed by atoms with Gasteiger partial charge in [-0.3, -0.25) is 14.3 Å². The molecule has 1 fully saturated rings. The fourth-order valence-corrected chi connectivity index (χ4v) is 4.13. The predicted molar refractivity (Wildman–Crippen MR) is 121 cm³/mol. The lowest BCUT2D eigenvalue weighted by Crippen LogP contribution is -2.39. The van der Waals surface area contributed by atoms with Crippen LogP contribution in [0.3, 0.4) is 0 Å². The number of pyridine rings is 1. The molecular weight excluding hydrogens is 460 g/mol. The number of likely N-dealkylation sites (tertiary alicyclic amines) is 1. The molecule has 0 radical (unpaired) electrons. The fraction of sp³-hybridized carbons (Fsp3) is 0.273. The van der Waals surface area contributed by atoms with Gasteiger partial charge in [0, 0.05) is 54.2 Å². The first-order chi connectivity index (χ1) is 14.9. The number of aryl methyl sites for hydroxylation is 1. The van der Waals surface area contributed by atoms with E-state index in [4.69, 9.17) is 5.73 Å². The summed E-state index contributed by atoms with van der Waals surface area (Å²) in [6.07, 6.45) is 6.22. The Morgan fingerprint density at radius 2 is 2.10 bits per heavy atom. The number of halogens is 1. The Labute approximate surface area is 188 Å². The Hall–Kier alpha value is -3.20. The monoisotopic (exact) mass is 482 g/mol. The molecular formula is C22H23BrN6O2. The van der Waals surface area contributed by atoms with Gasteiger partial charge in [-0.1, -0.05) is 28.1 Å². The van der Waals surface area contributed by atoms with Crippen LogP contribution in [-0.4, -0.2) is 50.6 Å². The van der Waals surface area contributed by atoms with E-state index in [-0.39, 0.29) is 23.7 Å². The minimum absolute atomic E-state index is 0.0506. The van der Waals surface area contributed by atoms with Gasteiger partial charge in [-0.05, 0) is 30.2 Å². The quantitative estimate of drug-likeness (QED) is 0.580. The van der Waals surface area contributed by atoms with Gasteiger partial charge in [0.05, 0.1) is 18.2 Å². The molecule has 0 aliphatic carbocycles. The van der Waals surface area contributed by atoms with Crippen LogP contribution in [-0.2, 0) is 18.3 Å². The van der Waals surface area contributed by atoms with Crippen LogP contribution >= 0.6 is 15.9 Å². The molecule has 0 saturated carbocycles. The maximum atomic E-state index is 12.9. The van der Waals surface area contributed by atoms with Gasteiger partial charge >= 0.3 is 0 Å². The van der Waals surface area contributed by atoms with Crippen molar-refractivity contribution >= 4 is 33.6 Å². The van der Waals surface area contributed by atoms with E-state index in [1.807, 2.05) is 37.5 Å². The molecule has 0 bridgehead atoms. The van der Waals surface area contributed by atoms with E-state index in [0.29, 0.717) is 31.5 Å². The molecule has 4 rings (SSSR count). The molecule has 2 amide bonds. The second-order valence-electron chi connectivity index (χ2n) is 7.66. The first-order valence-electron chi connectivity index (χ1n) is 9.96. The normalized spacial score (nSPS) is 15.8. The van der Waals surface area contributed by atoms with Gasteiger partial charge < -0.3 is 16.0 Å². The molecule has 2 aromatic heterocycles. The molecule has 9 heteroatoms. The zero-order valence-electron chi connectivity index (χ0n) is 17.1. The Bertz CT molecular complexity index is 1130. The van der Waals surface area contributed by atoms with Gasteiger partial charge in [0.1, 0.15) is 5.82 Å². The molecule has 1 atom stereocenters. The first-order valence-corrected chi connectivity index (χ1v) is 10.8. The second kappa shape index (κ2) is 8.89. The van der Waals surface area contributed by atoms with E-state index in [9.17, 15) is 9.59 Å². The Morgan fingerprint density at radius 3 is 2.84 bits per heavy atom. The van der Waals surface area contributed by atoms with Crippen LogP contribution < -0.4 is 11.1 Å². The highest BCUT2D eigenvalue weighted by molar-refractivity contribution is 9.10. The molecule has 1 aliphatic heterocycles. The Kier molecular flexibility index (Phi) is 6.03. The molecule has 3 aromatic rings. The molecule has 0 spiro atoms. The number of nitrogens with one attached hydrogen (secondary N) is 1. The fourth-order valence-electron chi connectivity index (χ4n) is 3.69. The first kappa shape index (κ1) is 21.0. The van der Waals surface area contributed by atoms with E-state index in [1.54, 1.807) is 28.0 Å². The Balaban J connectivity index is 1.39. The van der Waals surface area contributed by atoms with Crippen molar-refractivity contribution in [2.24, 2.45) is 7.05 Å². The van der Waals surface area contributed by atoms with Crippen molar-refractivity contribution in [3.63, 3.8) is 0 Å². The second-order valence-corrected chi connectivity index (χ2v) is 8.58. The molecule has 160 valence electrons. The maximum Gasteiger partial charge on any atom is 0.255 e. The average molecular weight is 483 g/mol. The highest BCUT2D eigenvalue weighted by Crippen LogP contribution is 2.22. The van der Waals surface area contributed by atoms with Crippen LogP contribution in [0.5, 0.6) is 0 Å². The molecule has 1 aliphatic rings. The van der Waals surface area contributed by atoms with Gasteiger partial charge in [-0.2, -0.15) is 5.10 Å². The number of nitrogen functional groups attached to an aromatic ring is 1. The molecule has 3 N–H and O–H groups in total. The Morgan fingerprint density at radius 1 is 1.26 bits per heavy atom.